The SMILES string of the molecule is COc1ccccc1-c1nc(Cn2cc(-c3nc(-c4cccs4)no3)ccc2=O)no1. The van der Waals surface area contributed by atoms with Crippen LogP contribution in [0.5, 0.6) is 5.75 Å². The summed E-state index contributed by atoms with van der Waals surface area (Å²) in [5.74, 6) is 2.11. The average Bonchev–Trinajstić information content (AvgIpc) is 3.56. The molecule has 0 aliphatic carbocycles. The third-order valence-corrected chi connectivity index (χ3v) is 5.38. The van der Waals surface area contributed by atoms with E-state index in [0.717, 1.165) is 4.88 Å². The van der Waals surface area contributed by atoms with E-state index in [0.29, 0.717) is 40.3 Å². The second-order valence-electron chi connectivity index (χ2n) is 6.50. The Morgan fingerprint density at radius 3 is 2.71 bits per heavy atom. The van der Waals surface area contributed by atoms with Gasteiger partial charge >= 0.3 is 0 Å². The molecule has 0 aliphatic heterocycles. The molecule has 31 heavy (non-hydrogen) atoms. The highest BCUT2D eigenvalue weighted by Crippen LogP contribution is 2.28. The first kappa shape index (κ1) is 18.9. The van der Waals surface area contributed by atoms with Gasteiger partial charge in [0.05, 0.1) is 29.7 Å². The molecule has 4 aromatic heterocycles. The van der Waals surface area contributed by atoms with Gasteiger partial charge in [0, 0.05) is 12.3 Å². The van der Waals surface area contributed by atoms with Gasteiger partial charge in [-0.15, -0.1) is 11.3 Å². The van der Waals surface area contributed by atoms with Crippen LogP contribution in [-0.4, -0.2) is 32.0 Å². The average molecular weight is 433 g/mol. The molecule has 0 bridgehead atoms. The third kappa shape index (κ3) is 3.76. The molecule has 0 spiro atoms. The lowest BCUT2D eigenvalue weighted by Crippen LogP contribution is -2.19. The van der Waals surface area contributed by atoms with Gasteiger partial charge in [-0.1, -0.05) is 28.5 Å². The van der Waals surface area contributed by atoms with Crippen LogP contribution < -0.4 is 10.3 Å². The highest BCUT2D eigenvalue weighted by atomic mass is 32.1. The smallest absolute Gasteiger partial charge is 0.261 e. The molecule has 10 heteroatoms. The quantitative estimate of drug-likeness (QED) is 0.398. The Hall–Kier alpha value is -4.05. The summed E-state index contributed by atoms with van der Waals surface area (Å²) in [6.07, 6.45) is 1.63. The van der Waals surface area contributed by atoms with E-state index in [1.807, 2.05) is 41.8 Å². The summed E-state index contributed by atoms with van der Waals surface area (Å²) >= 11 is 1.52. The summed E-state index contributed by atoms with van der Waals surface area (Å²) in [6.45, 7) is 0.122. The van der Waals surface area contributed by atoms with Gasteiger partial charge in [0.25, 0.3) is 17.3 Å². The van der Waals surface area contributed by atoms with Gasteiger partial charge in [-0.2, -0.15) is 9.97 Å². The lowest BCUT2D eigenvalue weighted by Gasteiger charge is -2.04. The number of thiophene rings is 1. The van der Waals surface area contributed by atoms with Crippen molar-refractivity contribution in [1.29, 1.82) is 0 Å². The second kappa shape index (κ2) is 8.00. The van der Waals surface area contributed by atoms with Crippen LogP contribution in [0.1, 0.15) is 5.82 Å². The molecule has 0 N–H and O–H groups in total. The third-order valence-electron chi connectivity index (χ3n) is 4.52. The molecular weight excluding hydrogens is 418 g/mol. The number of hydrogen-bond donors (Lipinski definition) is 0. The number of para-hydroxylation sites is 1. The Kier molecular flexibility index (Phi) is 4.89. The van der Waals surface area contributed by atoms with Crippen LogP contribution in [0.25, 0.3) is 33.6 Å². The molecule has 5 rings (SSSR count). The minimum atomic E-state index is -0.217. The van der Waals surface area contributed by atoms with Gasteiger partial charge in [-0.05, 0) is 29.6 Å². The van der Waals surface area contributed by atoms with E-state index in [4.69, 9.17) is 13.8 Å². The summed E-state index contributed by atoms with van der Waals surface area (Å²) in [4.78, 5) is 22.1. The predicted octanol–water partition coefficient (Wildman–Crippen LogP) is 3.73. The van der Waals surface area contributed by atoms with E-state index in [9.17, 15) is 4.79 Å². The minimum absolute atomic E-state index is 0.122. The lowest BCUT2D eigenvalue weighted by atomic mass is 10.2. The van der Waals surface area contributed by atoms with Crippen molar-refractivity contribution in [3.63, 3.8) is 0 Å². The van der Waals surface area contributed by atoms with Crippen LogP contribution >= 0.6 is 11.3 Å². The summed E-state index contributed by atoms with van der Waals surface area (Å²) in [5.41, 5.74) is 1.07. The van der Waals surface area contributed by atoms with Crippen LogP contribution in [0.3, 0.4) is 0 Å². The van der Waals surface area contributed by atoms with Crippen molar-refractivity contribution in [3.8, 4) is 39.4 Å². The van der Waals surface area contributed by atoms with Crippen molar-refractivity contribution in [2.45, 2.75) is 6.54 Å². The van der Waals surface area contributed by atoms with Crippen LogP contribution in [0, 0.1) is 0 Å². The second-order valence-corrected chi connectivity index (χ2v) is 7.45. The predicted molar refractivity (Wildman–Crippen MR) is 113 cm³/mol. The van der Waals surface area contributed by atoms with E-state index in [1.54, 1.807) is 19.4 Å². The molecule has 0 fully saturated rings. The first-order valence-corrected chi connectivity index (χ1v) is 10.1. The van der Waals surface area contributed by atoms with Crippen molar-refractivity contribution in [2.75, 3.05) is 7.11 Å². The molecular formula is C21H15N5O4S. The zero-order valence-corrected chi connectivity index (χ0v) is 17.1. The van der Waals surface area contributed by atoms with E-state index in [1.165, 1.54) is 22.0 Å². The summed E-state index contributed by atoms with van der Waals surface area (Å²) < 4.78 is 17.5. The van der Waals surface area contributed by atoms with Gasteiger partial charge in [-0.25, -0.2) is 0 Å². The maximum absolute atomic E-state index is 12.4. The zero-order valence-electron chi connectivity index (χ0n) is 16.3. The van der Waals surface area contributed by atoms with E-state index in [-0.39, 0.29) is 12.1 Å². The van der Waals surface area contributed by atoms with Gasteiger partial charge in [0.15, 0.2) is 5.82 Å². The van der Waals surface area contributed by atoms with Gasteiger partial charge in [-0.3, -0.25) is 4.79 Å². The molecule has 154 valence electrons. The maximum Gasteiger partial charge on any atom is 0.261 e. The molecule has 0 unspecified atom stereocenters. The number of rotatable bonds is 6. The molecule has 1 aromatic carbocycles. The Bertz CT molecular complexity index is 1390. The number of pyridine rings is 1. The molecule has 5 aromatic rings. The normalized spacial score (nSPS) is 11.0. The zero-order chi connectivity index (χ0) is 21.2. The standard InChI is InChI=1S/C21H15N5O4S/c1-28-15-6-3-2-5-14(15)21-22-17(24-30-21)12-26-11-13(8-9-18(26)27)20-23-19(25-29-20)16-7-4-10-31-16/h2-11H,12H2,1H3. The van der Waals surface area contributed by atoms with Crippen molar-refractivity contribution in [2.24, 2.45) is 0 Å². The number of aromatic nitrogens is 5. The molecule has 0 saturated carbocycles. The van der Waals surface area contributed by atoms with Crippen LogP contribution in [0.15, 0.2) is 73.9 Å². The summed E-state index contributed by atoms with van der Waals surface area (Å²) in [7, 11) is 1.57. The highest BCUT2D eigenvalue weighted by molar-refractivity contribution is 7.13. The fraction of sp³-hybridized carbons (Fsp3) is 0.0952. The van der Waals surface area contributed by atoms with Crippen molar-refractivity contribution in [1.82, 2.24) is 24.8 Å². The van der Waals surface area contributed by atoms with Crippen LogP contribution in [-0.2, 0) is 6.54 Å². The van der Waals surface area contributed by atoms with Crippen molar-refractivity contribution < 1.29 is 13.8 Å². The fourth-order valence-electron chi connectivity index (χ4n) is 3.03. The fourth-order valence-corrected chi connectivity index (χ4v) is 3.68. The molecule has 4 heterocycles. The molecule has 0 amide bonds. The van der Waals surface area contributed by atoms with Gasteiger partial charge in [0.1, 0.15) is 5.75 Å². The largest absolute Gasteiger partial charge is 0.496 e. The Morgan fingerprint density at radius 1 is 1.00 bits per heavy atom. The number of nitrogens with zero attached hydrogens (tertiary/aromatic N) is 5. The van der Waals surface area contributed by atoms with Crippen molar-refractivity contribution >= 4 is 11.3 Å². The monoisotopic (exact) mass is 433 g/mol. The Morgan fingerprint density at radius 2 is 1.87 bits per heavy atom. The Labute approximate surface area is 179 Å². The van der Waals surface area contributed by atoms with Gasteiger partial charge < -0.3 is 18.4 Å². The maximum atomic E-state index is 12.4. The van der Waals surface area contributed by atoms with Crippen molar-refractivity contribution in [3.05, 3.63) is 76.3 Å². The molecule has 0 aliphatic rings. The summed E-state index contributed by atoms with van der Waals surface area (Å²) in [6, 6.07) is 14.2. The Balaban J connectivity index is 1.42. The number of benzene rings is 1. The molecule has 0 radical (unpaired) electrons. The van der Waals surface area contributed by atoms with Gasteiger partial charge in [0.2, 0.25) is 5.82 Å². The number of hydrogen-bond acceptors (Lipinski definition) is 9. The van der Waals surface area contributed by atoms with Crippen LogP contribution in [0.4, 0.5) is 0 Å². The lowest BCUT2D eigenvalue weighted by molar-refractivity contribution is 0.402. The summed E-state index contributed by atoms with van der Waals surface area (Å²) in [5, 5.41) is 9.94. The van der Waals surface area contributed by atoms with E-state index in [2.05, 4.69) is 20.3 Å². The van der Waals surface area contributed by atoms with E-state index < -0.39 is 0 Å². The first-order valence-electron chi connectivity index (χ1n) is 9.25. The topological polar surface area (TPSA) is 109 Å². The first-order chi connectivity index (χ1) is 15.2. The highest BCUT2D eigenvalue weighted by Gasteiger charge is 2.16. The number of ether oxygens (including phenoxy) is 1. The van der Waals surface area contributed by atoms with E-state index >= 15 is 0 Å². The molecule has 9 nitrogen and oxygen atoms in total. The van der Waals surface area contributed by atoms with Crippen LogP contribution in [0.2, 0.25) is 0 Å². The minimum Gasteiger partial charge on any atom is -0.496 e. The molecule has 0 atom stereocenters. The number of methoxy groups -OCH3 is 1. The molecule has 0 saturated heterocycles.